The Labute approximate surface area is 155 Å². The lowest BCUT2D eigenvalue weighted by atomic mass is 9.78. The van der Waals surface area contributed by atoms with Crippen molar-refractivity contribution in [2.75, 3.05) is 7.11 Å². The molecule has 26 heavy (non-hydrogen) atoms. The summed E-state index contributed by atoms with van der Waals surface area (Å²) >= 11 is 0. The van der Waals surface area contributed by atoms with E-state index in [0.717, 1.165) is 42.6 Å². The second-order valence-electron chi connectivity index (χ2n) is 7.96. The van der Waals surface area contributed by atoms with Gasteiger partial charge in [0.25, 0.3) is 0 Å². The zero-order chi connectivity index (χ0) is 19.7. The van der Waals surface area contributed by atoms with Crippen molar-refractivity contribution in [1.29, 1.82) is 0 Å². The molecule has 1 unspecified atom stereocenters. The van der Waals surface area contributed by atoms with Crippen molar-refractivity contribution < 1.29 is 23.9 Å². The molecule has 0 saturated heterocycles. The molecule has 0 saturated carbocycles. The van der Waals surface area contributed by atoms with Crippen molar-refractivity contribution in [3.05, 3.63) is 34.4 Å². The number of methoxy groups -OCH3 is 1. The largest absolute Gasteiger partial charge is 0.496 e. The molecular weight excluding hydrogens is 351 g/mol. The van der Waals surface area contributed by atoms with Crippen LogP contribution in [0.4, 0.5) is 0 Å². The summed E-state index contributed by atoms with van der Waals surface area (Å²) in [7, 11) is -2.73. The fourth-order valence-electron chi connectivity index (χ4n) is 3.36. The standard InChI is InChI=1S/C20H29O5P/c1-13(26(22,23)24)18(21)11-10-14-12-17(20(2,3)4)19(25-5)16-9-7-6-8-15(14)16/h10-13H,6-9H2,1-5H3,(H2,22,23,24). The van der Waals surface area contributed by atoms with E-state index in [0.29, 0.717) is 0 Å². The molecule has 1 atom stereocenters. The number of hydrogen-bond acceptors (Lipinski definition) is 3. The second-order valence-corrected chi connectivity index (χ2v) is 9.91. The maximum absolute atomic E-state index is 12.1. The maximum atomic E-state index is 12.1. The first-order valence-electron chi connectivity index (χ1n) is 8.97. The van der Waals surface area contributed by atoms with E-state index in [-0.39, 0.29) is 5.41 Å². The van der Waals surface area contributed by atoms with E-state index in [4.69, 9.17) is 4.74 Å². The molecule has 1 aromatic rings. The monoisotopic (exact) mass is 380 g/mol. The zero-order valence-corrected chi connectivity index (χ0v) is 17.1. The van der Waals surface area contributed by atoms with Crippen molar-refractivity contribution in [1.82, 2.24) is 0 Å². The minimum atomic E-state index is -4.43. The molecule has 1 aliphatic rings. The van der Waals surface area contributed by atoms with Crippen LogP contribution in [0.25, 0.3) is 6.08 Å². The van der Waals surface area contributed by atoms with Crippen molar-refractivity contribution >= 4 is 19.5 Å². The number of ether oxygens (including phenoxy) is 1. The Morgan fingerprint density at radius 2 is 1.81 bits per heavy atom. The fraction of sp³-hybridized carbons (Fsp3) is 0.550. The third-order valence-electron chi connectivity index (χ3n) is 4.99. The number of fused-ring (bicyclic) bond motifs is 1. The van der Waals surface area contributed by atoms with Gasteiger partial charge in [0.2, 0.25) is 0 Å². The Morgan fingerprint density at radius 1 is 1.23 bits per heavy atom. The van der Waals surface area contributed by atoms with E-state index in [1.807, 2.05) is 0 Å². The third kappa shape index (κ3) is 4.46. The molecule has 2 rings (SSSR count). The average Bonchev–Trinajstić information content (AvgIpc) is 2.56. The first-order valence-corrected chi connectivity index (χ1v) is 10.6. The minimum absolute atomic E-state index is 0.121. The lowest BCUT2D eigenvalue weighted by Gasteiger charge is -2.29. The number of carbonyl (C=O) groups excluding carboxylic acids is 1. The van der Waals surface area contributed by atoms with Gasteiger partial charge in [-0.2, -0.15) is 0 Å². The zero-order valence-electron chi connectivity index (χ0n) is 16.2. The van der Waals surface area contributed by atoms with Gasteiger partial charge < -0.3 is 14.5 Å². The lowest BCUT2D eigenvalue weighted by molar-refractivity contribution is -0.114. The van der Waals surface area contributed by atoms with Gasteiger partial charge >= 0.3 is 7.60 Å². The summed E-state index contributed by atoms with van der Waals surface area (Å²) in [6.45, 7) is 7.62. The Morgan fingerprint density at radius 3 is 2.31 bits per heavy atom. The predicted octanol–water partition coefficient (Wildman–Crippen LogP) is 4.02. The molecular formula is C20H29O5P. The topological polar surface area (TPSA) is 83.8 Å². The van der Waals surface area contributed by atoms with Gasteiger partial charge in [-0.1, -0.05) is 26.8 Å². The number of allylic oxidation sites excluding steroid dienone is 1. The highest BCUT2D eigenvalue weighted by Crippen LogP contribution is 2.42. The lowest BCUT2D eigenvalue weighted by Crippen LogP contribution is -2.18. The highest BCUT2D eigenvalue weighted by molar-refractivity contribution is 7.53. The number of benzene rings is 1. The molecule has 0 spiro atoms. The van der Waals surface area contributed by atoms with Gasteiger partial charge in [0.15, 0.2) is 5.78 Å². The van der Waals surface area contributed by atoms with Gasteiger partial charge in [-0.25, -0.2) is 0 Å². The maximum Gasteiger partial charge on any atom is 0.336 e. The highest BCUT2D eigenvalue weighted by atomic mass is 31.2. The van der Waals surface area contributed by atoms with Crippen LogP contribution in [0.3, 0.4) is 0 Å². The van der Waals surface area contributed by atoms with Crippen LogP contribution < -0.4 is 4.74 Å². The van der Waals surface area contributed by atoms with Crippen LogP contribution in [0.5, 0.6) is 5.75 Å². The van der Waals surface area contributed by atoms with E-state index in [1.165, 1.54) is 24.1 Å². The highest BCUT2D eigenvalue weighted by Gasteiger charge is 2.30. The minimum Gasteiger partial charge on any atom is -0.496 e. The molecule has 0 amide bonds. The van der Waals surface area contributed by atoms with Crippen LogP contribution in [0.15, 0.2) is 12.1 Å². The van der Waals surface area contributed by atoms with Crippen LogP contribution >= 0.6 is 7.60 Å². The molecule has 5 nitrogen and oxygen atoms in total. The molecule has 0 fully saturated rings. The Kier molecular flexibility index (Phi) is 6.17. The molecule has 0 aromatic heterocycles. The SMILES string of the molecule is COc1c(C(C)(C)C)cc(C=CC(=O)C(C)P(=O)(O)O)c2c1CCCC2. The molecule has 6 heteroatoms. The summed E-state index contributed by atoms with van der Waals surface area (Å²) in [6, 6.07) is 2.05. The van der Waals surface area contributed by atoms with Crippen molar-refractivity contribution in [2.45, 2.75) is 64.5 Å². The van der Waals surface area contributed by atoms with Gasteiger partial charge in [-0.3, -0.25) is 9.36 Å². The van der Waals surface area contributed by atoms with E-state index in [9.17, 15) is 19.1 Å². The molecule has 0 aliphatic heterocycles. The Hall–Kier alpha value is -1.42. The second kappa shape index (κ2) is 7.67. The first-order chi connectivity index (χ1) is 12.0. The average molecular weight is 380 g/mol. The number of ketones is 1. The summed E-state index contributed by atoms with van der Waals surface area (Å²) < 4.78 is 17.0. The van der Waals surface area contributed by atoms with Gasteiger partial charge in [0, 0.05) is 5.56 Å². The van der Waals surface area contributed by atoms with Gasteiger partial charge in [0.1, 0.15) is 11.4 Å². The molecule has 0 radical (unpaired) electrons. The summed E-state index contributed by atoms with van der Waals surface area (Å²) in [5.74, 6) is 0.371. The quantitative estimate of drug-likeness (QED) is 0.595. The molecule has 1 aliphatic carbocycles. The number of hydrogen-bond donors (Lipinski definition) is 2. The van der Waals surface area contributed by atoms with Gasteiger partial charge in [-0.15, -0.1) is 0 Å². The van der Waals surface area contributed by atoms with Crippen LogP contribution in [0.2, 0.25) is 0 Å². The van der Waals surface area contributed by atoms with Crippen molar-refractivity contribution in [3.8, 4) is 5.75 Å². The van der Waals surface area contributed by atoms with Crippen molar-refractivity contribution in [3.63, 3.8) is 0 Å². The van der Waals surface area contributed by atoms with Crippen LogP contribution in [-0.4, -0.2) is 28.3 Å². The molecule has 0 bridgehead atoms. The summed E-state index contributed by atoms with van der Waals surface area (Å²) in [6.07, 6.45) is 7.04. The molecule has 144 valence electrons. The normalized spacial score (nSPS) is 16.4. The smallest absolute Gasteiger partial charge is 0.336 e. The summed E-state index contributed by atoms with van der Waals surface area (Å²) in [5, 5.41) is 0. The molecule has 1 aromatic carbocycles. The van der Waals surface area contributed by atoms with Crippen LogP contribution in [0, 0.1) is 0 Å². The third-order valence-corrected chi connectivity index (χ3v) is 6.25. The fourth-order valence-corrected chi connectivity index (χ4v) is 3.78. The number of carbonyl (C=O) groups is 1. The van der Waals surface area contributed by atoms with E-state index in [2.05, 4.69) is 26.8 Å². The van der Waals surface area contributed by atoms with Gasteiger partial charge in [0.05, 0.1) is 7.11 Å². The summed E-state index contributed by atoms with van der Waals surface area (Å²) in [4.78, 5) is 30.5. The Balaban J connectivity index is 2.53. The van der Waals surface area contributed by atoms with E-state index in [1.54, 1.807) is 13.2 Å². The Bertz CT molecular complexity index is 767. The van der Waals surface area contributed by atoms with Crippen LogP contribution in [0.1, 0.15) is 62.8 Å². The predicted molar refractivity (Wildman–Crippen MR) is 104 cm³/mol. The van der Waals surface area contributed by atoms with Crippen LogP contribution in [-0.2, 0) is 27.6 Å². The van der Waals surface area contributed by atoms with Gasteiger partial charge in [-0.05, 0) is 66.9 Å². The first kappa shape index (κ1) is 20.9. The molecule has 0 heterocycles. The van der Waals surface area contributed by atoms with Crippen molar-refractivity contribution in [2.24, 2.45) is 0 Å². The van der Waals surface area contributed by atoms with E-state index >= 15 is 0 Å². The van der Waals surface area contributed by atoms with E-state index < -0.39 is 19.0 Å². The number of rotatable bonds is 5. The summed E-state index contributed by atoms with van der Waals surface area (Å²) in [5.41, 5.74) is 2.95. The molecule has 2 N–H and O–H groups in total.